The molecule has 1 heterocycles. The molecule has 2 rings (SSSR count). The number of rotatable bonds is 4. The lowest BCUT2D eigenvalue weighted by Gasteiger charge is -2.14. The zero-order valence-electron chi connectivity index (χ0n) is 11.9. The zero-order valence-corrected chi connectivity index (χ0v) is 11.9. The summed E-state index contributed by atoms with van der Waals surface area (Å²) in [6.45, 7) is 3.95. The van der Waals surface area contributed by atoms with Crippen LogP contribution in [-0.4, -0.2) is 31.5 Å². The van der Waals surface area contributed by atoms with Crippen LogP contribution in [0.4, 0.5) is 5.69 Å². The van der Waals surface area contributed by atoms with Crippen molar-refractivity contribution in [3.8, 4) is 22.8 Å². The van der Waals surface area contributed by atoms with Gasteiger partial charge < -0.3 is 14.8 Å². The lowest BCUT2D eigenvalue weighted by molar-refractivity contribution is 0.390. The molecule has 0 unspecified atom stereocenters. The number of nitrogens with zero attached hydrogens (tertiary/aromatic N) is 1. The molecule has 2 aromatic rings. The normalized spacial score (nSPS) is 10.4. The highest BCUT2D eigenvalue weighted by molar-refractivity contribution is 5.81. The van der Waals surface area contributed by atoms with Crippen molar-refractivity contribution in [1.29, 1.82) is 0 Å². The van der Waals surface area contributed by atoms with E-state index in [1.807, 2.05) is 33.0 Å². The van der Waals surface area contributed by atoms with Gasteiger partial charge in [0.1, 0.15) is 17.2 Å². The molecule has 0 aliphatic carbocycles. The van der Waals surface area contributed by atoms with E-state index in [0.717, 1.165) is 39.7 Å². The predicted molar refractivity (Wildman–Crippen MR) is 76.1 cm³/mol. The molecule has 0 atom stereocenters. The van der Waals surface area contributed by atoms with Gasteiger partial charge in [0.05, 0.1) is 25.6 Å². The molecule has 0 aliphatic heterocycles. The number of nitrogens with one attached hydrogen (secondary N) is 2. The van der Waals surface area contributed by atoms with E-state index in [0.29, 0.717) is 0 Å². The fourth-order valence-electron chi connectivity index (χ4n) is 2.27. The fourth-order valence-corrected chi connectivity index (χ4v) is 2.27. The molecule has 0 amide bonds. The van der Waals surface area contributed by atoms with Crippen LogP contribution in [0.1, 0.15) is 11.3 Å². The van der Waals surface area contributed by atoms with Crippen molar-refractivity contribution in [2.45, 2.75) is 13.8 Å². The first-order chi connectivity index (χ1) is 9.13. The van der Waals surface area contributed by atoms with E-state index in [9.17, 15) is 0 Å². The minimum Gasteiger partial charge on any atom is -0.496 e. The van der Waals surface area contributed by atoms with Gasteiger partial charge in [-0.2, -0.15) is 5.10 Å². The Morgan fingerprint density at radius 3 is 2.47 bits per heavy atom. The van der Waals surface area contributed by atoms with Crippen molar-refractivity contribution in [2.24, 2.45) is 0 Å². The van der Waals surface area contributed by atoms with Gasteiger partial charge in [0.15, 0.2) is 0 Å². The maximum Gasteiger partial charge on any atom is 0.135 e. The van der Waals surface area contributed by atoms with Crippen molar-refractivity contribution in [3.05, 3.63) is 23.4 Å². The zero-order chi connectivity index (χ0) is 14.0. The van der Waals surface area contributed by atoms with E-state index in [-0.39, 0.29) is 0 Å². The minimum atomic E-state index is 0.780. The number of hydrogen-bond acceptors (Lipinski definition) is 4. The highest BCUT2D eigenvalue weighted by Crippen LogP contribution is 2.40. The molecule has 0 radical (unpaired) electrons. The summed E-state index contributed by atoms with van der Waals surface area (Å²) in [5, 5.41) is 10.5. The van der Waals surface area contributed by atoms with E-state index in [4.69, 9.17) is 9.47 Å². The van der Waals surface area contributed by atoms with E-state index in [2.05, 4.69) is 15.5 Å². The second kappa shape index (κ2) is 5.22. The second-order valence-corrected chi connectivity index (χ2v) is 4.30. The molecule has 0 saturated heterocycles. The van der Waals surface area contributed by atoms with Gasteiger partial charge in [-0.05, 0) is 26.0 Å². The maximum absolute atomic E-state index is 5.52. The maximum atomic E-state index is 5.52. The van der Waals surface area contributed by atoms with Crippen LogP contribution >= 0.6 is 0 Å². The van der Waals surface area contributed by atoms with Crippen LogP contribution in [0.2, 0.25) is 0 Å². The molecule has 0 saturated carbocycles. The summed E-state index contributed by atoms with van der Waals surface area (Å²) in [7, 11) is 5.19. The van der Waals surface area contributed by atoms with Gasteiger partial charge in [0.25, 0.3) is 0 Å². The third-order valence-corrected chi connectivity index (χ3v) is 3.23. The average Bonchev–Trinajstić information content (AvgIpc) is 2.79. The van der Waals surface area contributed by atoms with Gasteiger partial charge in [-0.25, -0.2) is 0 Å². The quantitative estimate of drug-likeness (QED) is 0.888. The number of aryl methyl sites for hydroxylation is 1. The average molecular weight is 261 g/mol. The Morgan fingerprint density at radius 1 is 1.16 bits per heavy atom. The SMILES string of the molecule is CNc1c(-c2ccc(OC)c(C)c2OC)n[nH]c1C. The first-order valence-electron chi connectivity index (χ1n) is 6.08. The monoisotopic (exact) mass is 261 g/mol. The molecule has 5 heteroatoms. The summed E-state index contributed by atoms with van der Waals surface area (Å²) in [4.78, 5) is 0. The number of ether oxygens (including phenoxy) is 2. The minimum absolute atomic E-state index is 0.780. The number of anilines is 1. The van der Waals surface area contributed by atoms with E-state index >= 15 is 0 Å². The summed E-state index contributed by atoms with van der Waals surface area (Å²) >= 11 is 0. The number of H-pyrrole nitrogens is 1. The van der Waals surface area contributed by atoms with Crippen molar-refractivity contribution >= 4 is 5.69 Å². The Kier molecular flexibility index (Phi) is 3.64. The van der Waals surface area contributed by atoms with Gasteiger partial charge in [0, 0.05) is 18.2 Å². The highest BCUT2D eigenvalue weighted by atomic mass is 16.5. The van der Waals surface area contributed by atoms with Crippen LogP contribution in [-0.2, 0) is 0 Å². The lowest BCUT2D eigenvalue weighted by Crippen LogP contribution is -1.97. The Morgan fingerprint density at radius 2 is 1.89 bits per heavy atom. The summed E-state index contributed by atoms with van der Waals surface area (Å²) in [5.74, 6) is 1.58. The van der Waals surface area contributed by atoms with Crippen molar-refractivity contribution in [2.75, 3.05) is 26.6 Å². The number of hydrogen-bond donors (Lipinski definition) is 2. The van der Waals surface area contributed by atoms with Crippen LogP contribution in [0.15, 0.2) is 12.1 Å². The number of methoxy groups -OCH3 is 2. The molecule has 0 bridgehead atoms. The van der Waals surface area contributed by atoms with E-state index in [1.54, 1.807) is 14.2 Å². The third kappa shape index (κ3) is 2.12. The van der Waals surface area contributed by atoms with Crippen molar-refractivity contribution in [3.63, 3.8) is 0 Å². The van der Waals surface area contributed by atoms with Crippen LogP contribution in [0.5, 0.6) is 11.5 Å². The topological polar surface area (TPSA) is 59.2 Å². The first kappa shape index (κ1) is 13.3. The highest BCUT2D eigenvalue weighted by Gasteiger charge is 2.18. The lowest BCUT2D eigenvalue weighted by atomic mass is 10.0. The summed E-state index contributed by atoms with van der Waals surface area (Å²) < 4.78 is 10.8. The molecular formula is C14H19N3O2. The molecule has 0 fully saturated rings. The van der Waals surface area contributed by atoms with Gasteiger partial charge >= 0.3 is 0 Å². The van der Waals surface area contributed by atoms with Gasteiger partial charge in [-0.15, -0.1) is 0 Å². The molecule has 19 heavy (non-hydrogen) atoms. The van der Waals surface area contributed by atoms with Crippen molar-refractivity contribution < 1.29 is 9.47 Å². The van der Waals surface area contributed by atoms with E-state index < -0.39 is 0 Å². The van der Waals surface area contributed by atoms with Gasteiger partial charge in [-0.3, -0.25) is 5.10 Å². The molecule has 1 aromatic carbocycles. The Labute approximate surface area is 112 Å². The third-order valence-electron chi connectivity index (χ3n) is 3.23. The number of benzene rings is 1. The molecule has 102 valence electrons. The summed E-state index contributed by atoms with van der Waals surface area (Å²) in [6.07, 6.45) is 0. The molecular weight excluding hydrogens is 242 g/mol. The molecule has 0 aliphatic rings. The van der Waals surface area contributed by atoms with Crippen LogP contribution in [0.25, 0.3) is 11.3 Å². The van der Waals surface area contributed by atoms with Gasteiger partial charge in [0.2, 0.25) is 0 Å². The molecule has 5 nitrogen and oxygen atoms in total. The Bertz CT molecular complexity index is 591. The van der Waals surface area contributed by atoms with Crippen LogP contribution < -0.4 is 14.8 Å². The smallest absolute Gasteiger partial charge is 0.135 e. The molecule has 1 aromatic heterocycles. The Hall–Kier alpha value is -2.17. The standard InChI is InChI=1S/C14H19N3O2/c1-8-11(18-4)7-6-10(14(8)19-5)13-12(15-3)9(2)16-17-13/h6-7,15H,1-5H3,(H,16,17). The second-order valence-electron chi connectivity index (χ2n) is 4.30. The fraction of sp³-hybridized carbons (Fsp3) is 0.357. The number of aromatic nitrogens is 2. The summed E-state index contributed by atoms with van der Waals surface area (Å²) in [5.41, 5.74) is 4.72. The van der Waals surface area contributed by atoms with Gasteiger partial charge in [-0.1, -0.05) is 0 Å². The molecule has 2 N–H and O–H groups in total. The summed E-state index contributed by atoms with van der Waals surface area (Å²) in [6, 6.07) is 3.89. The number of aromatic amines is 1. The first-order valence-corrected chi connectivity index (χ1v) is 6.08. The van der Waals surface area contributed by atoms with Crippen LogP contribution in [0, 0.1) is 13.8 Å². The molecule has 0 spiro atoms. The van der Waals surface area contributed by atoms with Crippen LogP contribution in [0.3, 0.4) is 0 Å². The predicted octanol–water partition coefficient (Wildman–Crippen LogP) is 2.75. The largest absolute Gasteiger partial charge is 0.496 e. The van der Waals surface area contributed by atoms with E-state index in [1.165, 1.54) is 0 Å². The van der Waals surface area contributed by atoms with Crippen molar-refractivity contribution in [1.82, 2.24) is 10.2 Å². The Balaban J connectivity index is 2.65.